The number of hydrogen-bond donors (Lipinski definition) is 2. The second kappa shape index (κ2) is 9.82. The standard InChI is InChI=1S/C24H25FN2O4S/c1-4-22(31-20-12-8-18(25)9-13-20)24(28)26-19-10-14-21(15-11-19)32(29,30)27-23-16(2)6-5-7-17(23)3/h5-15,22,27H,4H2,1-3H3,(H,26,28)/t22-/m1/s1. The summed E-state index contributed by atoms with van der Waals surface area (Å²) in [5, 5.41) is 2.72. The Morgan fingerprint density at radius 1 is 0.969 bits per heavy atom. The van der Waals surface area contributed by atoms with Gasteiger partial charge in [-0.05, 0) is 79.9 Å². The van der Waals surface area contributed by atoms with E-state index in [4.69, 9.17) is 4.74 Å². The number of halogens is 1. The van der Waals surface area contributed by atoms with Crippen LogP contribution in [0.4, 0.5) is 15.8 Å². The summed E-state index contributed by atoms with van der Waals surface area (Å²) >= 11 is 0. The first-order valence-electron chi connectivity index (χ1n) is 10.1. The van der Waals surface area contributed by atoms with E-state index in [0.29, 0.717) is 23.5 Å². The molecule has 3 aromatic rings. The van der Waals surface area contributed by atoms with Gasteiger partial charge in [0, 0.05) is 5.69 Å². The molecule has 32 heavy (non-hydrogen) atoms. The average molecular weight is 457 g/mol. The summed E-state index contributed by atoms with van der Waals surface area (Å²) in [4.78, 5) is 12.6. The topological polar surface area (TPSA) is 84.5 Å². The number of para-hydroxylation sites is 1. The third kappa shape index (κ3) is 5.64. The molecule has 168 valence electrons. The van der Waals surface area contributed by atoms with E-state index in [1.165, 1.54) is 48.5 Å². The molecular weight excluding hydrogens is 431 g/mol. The van der Waals surface area contributed by atoms with Crippen molar-refractivity contribution in [1.82, 2.24) is 0 Å². The molecule has 0 saturated heterocycles. The number of benzene rings is 3. The predicted octanol–water partition coefficient (Wildman–Crippen LogP) is 5.04. The van der Waals surface area contributed by atoms with Gasteiger partial charge in [-0.25, -0.2) is 12.8 Å². The molecule has 3 rings (SSSR count). The number of aryl methyl sites for hydroxylation is 2. The van der Waals surface area contributed by atoms with Crippen molar-refractivity contribution in [3.63, 3.8) is 0 Å². The molecule has 3 aromatic carbocycles. The largest absolute Gasteiger partial charge is 0.481 e. The van der Waals surface area contributed by atoms with Crippen molar-refractivity contribution in [2.24, 2.45) is 0 Å². The average Bonchev–Trinajstić information content (AvgIpc) is 2.76. The quantitative estimate of drug-likeness (QED) is 0.497. The number of sulfonamides is 1. The van der Waals surface area contributed by atoms with E-state index in [2.05, 4.69) is 10.0 Å². The molecule has 0 aromatic heterocycles. The molecule has 0 bridgehead atoms. The van der Waals surface area contributed by atoms with Crippen molar-refractivity contribution in [3.8, 4) is 5.75 Å². The Morgan fingerprint density at radius 3 is 2.12 bits per heavy atom. The van der Waals surface area contributed by atoms with Gasteiger partial charge in [-0.2, -0.15) is 0 Å². The minimum atomic E-state index is -3.79. The Morgan fingerprint density at radius 2 is 1.56 bits per heavy atom. The Bertz CT molecular complexity index is 1170. The van der Waals surface area contributed by atoms with Crippen LogP contribution in [0.15, 0.2) is 71.6 Å². The first kappa shape index (κ1) is 23.3. The van der Waals surface area contributed by atoms with Crippen LogP contribution in [0, 0.1) is 19.7 Å². The molecule has 0 heterocycles. The molecule has 0 saturated carbocycles. The lowest BCUT2D eigenvalue weighted by Crippen LogP contribution is -2.32. The van der Waals surface area contributed by atoms with Gasteiger partial charge in [-0.1, -0.05) is 25.1 Å². The maximum absolute atomic E-state index is 13.0. The third-order valence-electron chi connectivity index (χ3n) is 4.90. The minimum Gasteiger partial charge on any atom is -0.481 e. The molecule has 0 unspecified atom stereocenters. The number of hydrogen-bond acceptors (Lipinski definition) is 4. The molecule has 0 aliphatic rings. The first-order chi connectivity index (χ1) is 15.2. The fourth-order valence-electron chi connectivity index (χ4n) is 3.11. The lowest BCUT2D eigenvalue weighted by Gasteiger charge is -2.17. The van der Waals surface area contributed by atoms with E-state index >= 15 is 0 Å². The summed E-state index contributed by atoms with van der Waals surface area (Å²) in [7, 11) is -3.79. The van der Waals surface area contributed by atoms with Crippen LogP contribution in [-0.2, 0) is 14.8 Å². The molecule has 0 spiro atoms. The lowest BCUT2D eigenvalue weighted by molar-refractivity contribution is -0.122. The zero-order valence-corrected chi connectivity index (χ0v) is 18.9. The normalized spacial score (nSPS) is 12.1. The van der Waals surface area contributed by atoms with Gasteiger partial charge in [-0.3, -0.25) is 9.52 Å². The number of nitrogens with one attached hydrogen (secondary N) is 2. The maximum atomic E-state index is 13.0. The van der Waals surface area contributed by atoms with E-state index in [1.54, 1.807) is 6.92 Å². The number of carbonyl (C=O) groups excluding carboxylic acids is 1. The fourth-order valence-corrected chi connectivity index (χ4v) is 4.31. The second-order valence-corrected chi connectivity index (χ2v) is 9.04. The Labute approximate surface area is 187 Å². The van der Waals surface area contributed by atoms with Crippen molar-refractivity contribution < 1.29 is 22.3 Å². The summed E-state index contributed by atoms with van der Waals surface area (Å²) in [5.41, 5.74) is 2.63. The van der Waals surface area contributed by atoms with Crippen LogP contribution >= 0.6 is 0 Å². The van der Waals surface area contributed by atoms with Crippen molar-refractivity contribution in [1.29, 1.82) is 0 Å². The molecule has 0 aliphatic carbocycles. The van der Waals surface area contributed by atoms with Gasteiger partial charge in [0.1, 0.15) is 11.6 Å². The van der Waals surface area contributed by atoms with E-state index < -0.39 is 21.9 Å². The second-order valence-electron chi connectivity index (χ2n) is 7.35. The number of carbonyl (C=O) groups is 1. The first-order valence-corrected chi connectivity index (χ1v) is 11.6. The summed E-state index contributed by atoms with van der Waals surface area (Å²) < 4.78 is 46.9. The maximum Gasteiger partial charge on any atom is 0.265 e. The van der Waals surface area contributed by atoms with Crippen LogP contribution in [0.1, 0.15) is 24.5 Å². The van der Waals surface area contributed by atoms with Gasteiger partial charge in [0.05, 0.1) is 10.6 Å². The van der Waals surface area contributed by atoms with Crippen molar-refractivity contribution in [2.45, 2.75) is 38.2 Å². The summed E-state index contributed by atoms with van der Waals surface area (Å²) in [5.74, 6) is -0.398. The highest BCUT2D eigenvalue weighted by atomic mass is 32.2. The summed E-state index contributed by atoms with van der Waals surface area (Å²) in [6.07, 6.45) is -0.385. The van der Waals surface area contributed by atoms with Gasteiger partial charge in [0.15, 0.2) is 6.10 Å². The van der Waals surface area contributed by atoms with Gasteiger partial charge in [0.2, 0.25) is 0 Å². The smallest absolute Gasteiger partial charge is 0.265 e. The molecule has 1 amide bonds. The number of rotatable bonds is 8. The molecule has 6 nitrogen and oxygen atoms in total. The summed E-state index contributed by atoms with van der Waals surface area (Å²) in [6.45, 7) is 5.46. The molecule has 2 N–H and O–H groups in total. The van der Waals surface area contributed by atoms with Gasteiger partial charge >= 0.3 is 0 Å². The van der Waals surface area contributed by atoms with Crippen molar-refractivity contribution in [3.05, 3.63) is 83.7 Å². The van der Waals surface area contributed by atoms with Crippen LogP contribution in [0.3, 0.4) is 0 Å². The molecule has 0 radical (unpaired) electrons. The van der Waals surface area contributed by atoms with Crippen LogP contribution in [0.2, 0.25) is 0 Å². The highest BCUT2D eigenvalue weighted by molar-refractivity contribution is 7.92. The Kier molecular flexibility index (Phi) is 7.15. The molecular formula is C24H25FN2O4S. The summed E-state index contributed by atoms with van der Waals surface area (Å²) in [6, 6.07) is 16.8. The Hall–Kier alpha value is -3.39. The number of ether oxygens (including phenoxy) is 1. The zero-order valence-electron chi connectivity index (χ0n) is 18.1. The minimum absolute atomic E-state index is 0.0766. The molecule has 8 heteroatoms. The third-order valence-corrected chi connectivity index (χ3v) is 6.27. The fraction of sp³-hybridized carbons (Fsp3) is 0.208. The number of anilines is 2. The van der Waals surface area contributed by atoms with E-state index in [9.17, 15) is 17.6 Å². The van der Waals surface area contributed by atoms with Gasteiger partial charge in [-0.15, -0.1) is 0 Å². The SMILES string of the molecule is CC[C@@H](Oc1ccc(F)cc1)C(=O)Nc1ccc(S(=O)(=O)Nc2c(C)cccc2C)cc1. The Balaban J connectivity index is 1.69. The van der Waals surface area contributed by atoms with Crippen LogP contribution in [0.5, 0.6) is 5.75 Å². The van der Waals surface area contributed by atoms with Crippen molar-refractivity contribution in [2.75, 3.05) is 10.0 Å². The lowest BCUT2D eigenvalue weighted by atomic mass is 10.1. The number of amides is 1. The van der Waals surface area contributed by atoms with Crippen LogP contribution in [0.25, 0.3) is 0 Å². The molecule has 0 fully saturated rings. The van der Waals surface area contributed by atoms with Crippen molar-refractivity contribution >= 4 is 27.3 Å². The van der Waals surface area contributed by atoms with Gasteiger partial charge < -0.3 is 10.1 Å². The predicted molar refractivity (Wildman–Crippen MR) is 123 cm³/mol. The van der Waals surface area contributed by atoms with E-state index in [-0.39, 0.29) is 10.8 Å². The highest BCUT2D eigenvalue weighted by Gasteiger charge is 2.20. The van der Waals surface area contributed by atoms with Crippen LogP contribution in [-0.4, -0.2) is 20.4 Å². The highest BCUT2D eigenvalue weighted by Crippen LogP contribution is 2.24. The molecule has 1 atom stereocenters. The monoisotopic (exact) mass is 456 g/mol. The zero-order chi connectivity index (χ0) is 23.3. The van der Waals surface area contributed by atoms with Gasteiger partial charge in [0.25, 0.3) is 15.9 Å². The van der Waals surface area contributed by atoms with E-state index in [1.807, 2.05) is 32.0 Å². The van der Waals surface area contributed by atoms with Crippen LogP contribution < -0.4 is 14.8 Å². The molecule has 0 aliphatic heterocycles. The van der Waals surface area contributed by atoms with E-state index in [0.717, 1.165) is 11.1 Å².